The summed E-state index contributed by atoms with van der Waals surface area (Å²) in [6.07, 6.45) is 14.4. The molecular formula is C122H80N4. The summed E-state index contributed by atoms with van der Waals surface area (Å²) < 4.78 is 4.65. The van der Waals surface area contributed by atoms with Gasteiger partial charge in [-0.3, -0.25) is 9.97 Å². The average molecular weight is 1600 g/mol. The fourth-order valence-electron chi connectivity index (χ4n) is 19.5. The van der Waals surface area contributed by atoms with Crippen molar-refractivity contribution in [2.24, 2.45) is 0 Å². The molecule has 126 heavy (non-hydrogen) atoms. The molecule has 0 spiro atoms. The van der Waals surface area contributed by atoms with Gasteiger partial charge in [-0.25, -0.2) is 0 Å². The van der Waals surface area contributed by atoms with E-state index < -0.39 is 0 Å². The van der Waals surface area contributed by atoms with Crippen molar-refractivity contribution in [2.75, 3.05) is 0 Å². The first-order chi connectivity index (χ1) is 62.5. The Bertz CT molecular complexity index is 7650. The lowest BCUT2D eigenvalue weighted by Gasteiger charge is -2.20. The molecule has 0 N–H and O–H groups in total. The van der Waals surface area contributed by atoms with E-state index in [1.807, 2.05) is 24.7 Å². The third kappa shape index (κ3) is 13.4. The molecule has 4 nitrogen and oxygen atoms in total. The van der Waals surface area contributed by atoms with E-state index in [2.05, 4.69) is 475 Å². The lowest BCUT2D eigenvalue weighted by atomic mass is 9.83. The molecule has 0 aliphatic carbocycles. The molecule has 588 valence electrons. The number of fused-ring (bicyclic) bond motifs is 12. The van der Waals surface area contributed by atoms with Gasteiger partial charge in [-0.1, -0.05) is 406 Å². The number of pyridine rings is 2. The molecule has 0 atom stereocenters. The van der Waals surface area contributed by atoms with E-state index in [-0.39, 0.29) is 0 Å². The molecule has 4 aromatic heterocycles. The van der Waals surface area contributed by atoms with Crippen LogP contribution in [0.1, 0.15) is 22.4 Å². The fourth-order valence-corrected chi connectivity index (χ4v) is 19.5. The molecule has 24 aromatic rings. The van der Waals surface area contributed by atoms with E-state index in [0.29, 0.717) is 0 Å². The quantitative estimate of drug-likeness (QED) is 0.0803. The van der Waals surface area contributed by atoms with Gasteiger partial charge in [0.05, 0.1) is 39.6 Å². The normalized spacial score (nSPS) is 11.7. The molecule has 0 bridgehead atoms. The second kappa shape index (κ2) is 32.1. The molecule has 0 amide bonds. The lowest BCUT2D eigenvalue weighted by molar-refractivity contribution is 1.13. The molecular weight excluding hydrogens is 1520 g/mol. The number of benzene rings is 20. The Morgan fingerprint density at radius 3 is 0.810 bits per heavy atom. The van der Waals surface area contributed by atoms with Crippen LogP contribution in [0.4, 0.5) is 0 Å². The molecule has 0 fully saturated rings. The van der Waals surface area contributed by atoms with Crippen molar-refractivity contribution < 1.29 is 0 Å². The zero-order valence-corrected chi connectivity index (χ0v) is 69.0. The van der Waals surface area contributed by atoms with Gasteiger partial charge in [-0.2, -0.15) is 0 Å². The molecule has 20 aromatic carbocycles. The molecule has 24 rings (SSSR count). The molecule has 4 heteroatoms. The van der Waals surface area contributed by atoms with Gasteiger partial charge in [-0.05, 0) is 225 Å². The fraction of sp³-hybridized carbons (Fsp3) is 0. The van der Waals surface area contributed by atoms with Crippen LogP contribution in [-0.2, 0) is 0 Å². The second-order valence-corrected chi connectivity index (χ2v) is 32.5. The van der Waals surface area contributed by atoms with Crippen molar-refractivity contribution in [3.8, 4) is 100 Å². The Morgan fingerprint density at radius 2 is 0.444 bits per heavy atom. The van der Waals surface area contributed by atoms with E-state index in [1.54, 1.807) is 0 Å². The van der Waals surface area contributed by atoms with Crippen LogP contribution in [0.15, 0.2) is 461 Å². The van der Waals surface area contributed by atoms with E-state index in [4.69, 9.17) is 4.98 Å². The van der Waals surface area contributed by atoms with Gasteiger partial charge in [0.25, 0.3) is 0 Å². The van der Waals surface area contributed by atoms with Crippen molar-refractivity contribution in [3.63, 3.8) is 0 Å². The standard InChI is InChI=1S/C62H41N.C60H39N3/c1-2-14-46(15-3-1)49-40-41-58(51-17-5-4-16-50(49)51)62-56-22-8-6-20-54(56)61(55-21-7-9-23-57(55)62)47-36-34-45(35-37-47)44-32-28-42(29-33-44)26-27-43-30-38-48(39-31-43)63-59-24-12-10-18-52(59)53-19-11-13-25-60(53)63;1-2-14-49-48(13-1)47(44-12-11-37-61-38-44)35-36-56(49)60-54-19-5-3-17-52(54)59(53-18-4-6-20-55(53)60)43-30-28-42(29-31-43)41-26-23-40(24-27-41)25-32-45-33-34-46(39-62-45)63-57-21-9-7-15-50(57)51-16-8-10-22-58(51)63/h1-41H;1-39H/b27-26+;32-25+. The van der Waals surface area contributed by atoms with Crippen molar-refractivity contribution in [3.05, 3.63) is 484 Å². The van der Waals surface area contributed by atoms with E-state index in [0.717, 1.165) is 28.2 Å². The maximum atomic E-state index is 4.84. The largest absolute Gasteiger partial charge is 0.309 e. The van der Waals surface area contributed by atoms with Crippen molar-refractivity contribution in [1.82, 2.24) is 19.1 Å². The van der Waals surface area contributed by atoms with E-state index in [1.165, 1.54) is 203 Å². The summed E-state index contributed by atoms with van der Waals surface area (Å²) >= 11 is 0. The van der Waals surface area contributed by atoms with Crippen LogP contribution in [0.25, 0.3) is 233 Å². The first-order valence-corrected chi connectivity index (χ1v) is 43.2. The summed E-state index contributed by atoms with van der Waals surface area (Å²) in [5, 5.41) is 20.0. The number of nitrogens with zero attached hydrogens (tertiary/aromatic N) is 4. The van der Waals surface area contributed by atoms with Gasteiger partial charge in [0, 0.05) is 45.2 Å². The van der Waals surface area contributed by atoms with E-state index >= 15 is 0 Å². The summed E-state index contributed by atoms with van der Waals surface area (Å²) in [6, 6.07) is 161. The Balaban J connectivity index is 0.000000145. The average Bonchev–Trinajstić information content (AvgIpc) is 1.07. The zero-order valence-electron chi connectivity index (χ0n) is 69.0. The number of hydrogen-bond donors (Lipinski definition) is 0. The van der Waals surface area contributed by atoms with Gasteiger partial charge in [-0.15, -0.1) is 0 Å². The summed E-state index contributed by atoms with van der Waals surface area (Å²) in [6.45, 7) is 0. The summed E-state index contributed by atoms with van der Waals surface area (Å²) in [5.74, 6) is 0. The topological polar surface area (TPSA) is 35.6 Å². The molecule has 0 aliphatic rings. The van der Waals surface area contributed by atoms with Crippen molar-refractivity contribution in [2.45, 2.75) is 0 Å². The number of rotatable bonds is 14. The van der Waals surface area contributed by atoms with Gasteiger partial charge in [0.2, 0.25) is 0 Å². The lowest BCUT2D eigenvalue weighted by Crippen LogP contribution is -1.95. The monoisotopic (exact) mass is 1600 g/mol. The highest BCUT2D eigenvalue weighted by Crippen LogP contribution is 2.50. The predicted molar refractivity (Wildman–Crippen MR) is 536 cm³/mol. The second-order valence-electron chi connectivity index (χ2n) is 32.5. The van der Waals surface area contributed by atoms with E-state index in [9.17, 15) is 0 Å². The first kappa shape index (κ1) is 74.4. The zero-order chi connectivity index (χ0) is 83.4. The summed E-state index contributed by atoms with van der Waals surface area (Å²) in [4.78, 5) is 9.26. The maximum absolute atomic E-state index is 4.84. The number of para-hydroxylation sites is 4. The van der Waals surface area contributed by atoms with Crippen LogP contribution in [0.3, 0.4) is 0 Å². The summed E-state index contributed by atoms with van der Waals surface area (Å²) in [7, 11) is 0. The van der Waals surface area contributed by atoms with Gasteiger partial charge in [0.15, 0.2) is 0 Å². The molecule has 0 unspecified atom stereocenters. The minimum absolute atomic E-state index is 0.916. The summed E-state index contributed by atoms with van der Waals surface area (Å²) in [5.41, 5.74) is 30.9. The van der Waals surface area contributed by atoms with Crippen molar-refractivity contribution >= 4 is 133 Å². The SMILES string of the molecule is C(=C\c1ccc(-n2c3ccccc3c3ccccc32)cc1)/c1ccc(-c2ccc(-c3c4ccccc4c(-c4ccc(-c5ccccc5)c5ccccc45)c4ccccc34)cc2)cc1.C(=C\c1ccc(-n2c3ccccc3c3ccccc32)cn1)/c1ccc(-c2ccc(-c3c4ccccc4c(-c4ccc(-c5cccnc5)c5ccccc45)c4ccccc34)cc2)cc1. The van der Waals surface area contributed by atoms with Crippen LogP contribution >= 0.6 is 0 Å². The Hall–Kier alpha value is -16.7. The molecule has 0 saturated carbocycles. The predicted octanol–water partition coefficient (Wildman–Crippen LogP) is 33.0. The van der Waals surface area contributed by atoms with Crippen LogP contribution in [0, 0.1) is 0 Å². The molecule has 4 heterocycles. The first-order valence-electron chi connectivity index (χ1n) is 43.2. The van der Waals surface area contributed by atoms with Crippen LogP contribution in [0.2, 0.25) is 0 Å². The van der Waals surface area contributed by atoms with Crippen LogP contribution < -0.4 is 0 Å². The third-order valence-electron chi connectivity index (χ3n) is 25.4. The molecule has 0 aliphatic heterocycles. The van der Waals surface area contributed by atoms with Crippen molar-refractivity contribution in [1.29, 1.82) is 0 Å². The van der Waals surface area contributed by atoms with Gasteiger partial charge >= 0.3 is 0 Å². The highest BCUT2D eigenvalue weighted by atomic mass is 15.0. The third-order valence-corrected chi connectivity index (χ3v) is 25.4. The highest BCUT2D eigenvalue weighted by Gasteiger charge is 2.23. The Kier molecular flexibility index (Phi) is 18.9. The minimum atomic E-state index is 0.916. The Morgan fingerprint density at radius 1 is 0.167 bits per heavy atom. The Labute approximate surface area is 730 Å². The number of hydrogen-bond acceptors (Lipinski definition) is 2. The maximum Gasteiger partial charge on any atom is 0.0645 e. The number of aromatic nitrogens is 4. The van der Waals surface area contributed by atoms with Crippen LogP contribution in [-0.4, -0.2) is 19.1 Å². The molecule has 0 saturated heterocycles. The van der Waals surface area contributed by atoms with Crippen LogP contribution in [0.5, 0.6) is 0 Å². The smallest absolute Gasteiger partial charge is 0.0645 e. The minimum Gasteiger partial charge on any atom is -0.309 e. The van der Waals surface area contributed by atoms with Gasteiger partial charge in [0.1, 0.15) is 0 Å². The highest BCUT2D eigenvalue weighted by molar-refractivity contribution is 6.26. The van der Waals surface area contributed by atoms with Gasteiger partial charge < -0.3 is 9.13 Å². The molecule has 0 radical (unpaired) electrons.